The van der Waals surface area contributed by atoms with Crippen molar-refractivity contribution in [2.45, 2.75) is 0 Å². The molecule has 2 aromatic carbocycles. The maximum absolute atomic E-state index is 5.59. The van der Waals surface area contributed by atoms with Crippen molar-refractivity contribution < 1.29 is 0 Å². The molecule has 0 radical (unpaired) electrons. The van der Waals surface area contributed by atoms with E-state index in [9.17, 15) is 0 Å². The lowest BCUT2D eigenvalue weighted by Gasteiger charge is -1.99. The number of para-hydroxylation sites is 2. The second-order valence-electron chi connectivity index (χ2n) is 4.42. The predicted octanol–water partition coefficient (Wildman–Crippen LogP) is 4.53. The molecule has 0 aliphatic heterocycles. The van der Waals surface area contributed by atoms with Crippen LogP contribution in [0, 0.1) is 4.51 Å². The Morgan fingerprint density at radius 2 is 1.22 bits per heavy atom. The summed E-state index contributed by atoms with van der Waals surface area (Å²) >= 11 is 5.59. The Kier molecular flexibility index (Phi) is 1.88. The van der Waals surface area contributed by atoms with Crippen LogP contribution in [-0.4, -0.2) is 9.97 Å². The van der Waals surface area contributed by atoms with Gasteiger partial charge in [-0.1, -0.05) is 48.6 Å². The molecule has 0 amide bonds. The Balaban J connectivity index is 2.38. The van der Waals surface area contributed by atoms with E-state index in [0.717, 1.165) is 32.0 Å². The Morgan fingerprint density at radius 3 is 2.00 bits per heavy atom. The largest absolute Gasteiger partial charge is 0.353 e. The molecule has 0 unspecified atom stereocenters. The van der Waals surface area contributed by atoms with E-state index in [4.69, 9.17) is 12.2 Å². The van der Waals surface area contributed by atoms with Gasteiger partial charge >= 0.3 is 0 Å². The minimum Gasteiger partial charge on any atom is -0.353 e. The van der Waals surface area contributed by atoms with Crippen LogP contribution < -0.4 is 0 Å². The van der Waals surface area contributed by atoms with Crippen LogP contribution in [0.3, 0.4) is 0 Å². The van der Waals surface area contributed by atoms with Crippen LogP contribution >= 0.6 is 12.2 Å². The zero-order valence-electron chi connectivity index (χ0n) is 9.53. The second kappa shape index (κ2) is 3.43. The standard InChI is InChI=1S/C15H10N2S/c18-15-10-6-2-4-8-12(10)16-13-9-5-1-3-7-11(9)17-14(13)15/h1-8,17H,(H,16,18). The van der Waals surface area contributed by atoms with Crippen LogP contribution in [0.4, 0.5) is 0 Å². The molecule has 2 N–H and O–H groups in total. The Labute approximate surface area is 108 Å². The number of H-pyrrole nitrogens is 2. The van der Waals surface area contributed by atoms with Crippen LogP contribution in [-0.2, 0) is 0 Å². The summed E-state index contributed by atoms with van der Waals surface area (Å²) in [5, 5.41) is 2.27. The molecule has 0 spiro atoms. The highest BCUT2D eigenvalue weighted by Gasteiger charge is 2.07. The molecule has 0 aliphatic carbocycles. The lowest BCUT2D eigenvalue weighted by atomic mass is 10.2. The summed E-state index contributed by atoms with van der Waals surface area (Å²) in [6.07, 6.45) is 0. The number of nitrogens with one attached hydrogen (secondary N) is 2. The summed E-state index contributed by atoms with van der Waals surface area (Å²) in [4.78, 5) is 6.88. The highest BCUT2D eigenvalue weighted by molar-refractivity contribution is 7.72. The van der Waals surface area contributed by atoms with Gasteiger partial charge in [0.2, 0.25) is 0 Å². The fourth-order valence-corrected chi connectivity index (χ4v) is 2.83. The molecule has 4 rings (SSSR count). The average molecular weight is 250 g/mol. The van der Waals surface area contributed by atoms with E-state index in [1.54, 1.807) is 0 Å². The number of aromatic nitrogens is 2. The van der Waals surface area contributed by atoms with E-state index in [0.29, 0.717) is 0 Å². The van der Waals surface area contributed by atoms with Gasteiger partial charge in [0.25, 0.3) is 0 Å². The third-order valence-corrected chi connectivity index (χ3v) is 3.79. The van der Waals surface area contributed by atoms with Gasteiger partial charge in [-0.05, 0) is 12.1 Å². The monoisotopic (exact) mass is 250 g/mol. The summed E-state index contributed by atoms with van der Waals surface area (Å²) in [6, 6.07) is 16.4. The molecule has 86 valence electrons. The van der Waals surface area contributed by atoms with E-state index in [1.807, 2.05) is 24.3 Å². The number of pyridine rings is 1. The van der Waals surface area contributed by atoms with E-state index in [1.165, 1.54) is 5.39 Å². The van der Waals surface area contributed by atoms with Crippen molar-refractivity contribution in [1.29, 1.82) is 0 Å². The molecule has 18 heavy (non-hydrogen) atoms. The van der Waals surface area contributed by atoms with Gasteiger partial charge < -0.3 is 9.97 Å². The fourth-order valence-electron chi connectivity index (χ4n) is 2.50. The summed E-state index contributed by atoms with van der Waals surface area (Å²) in [7, 11) is 0. The number of rotatable bonds is 0. The third-order valence-electron chi connectivity index (χ3n) is 3.36. The molecule has 0 atom stereocenters. The molecule has 0 saturated carbocycles. The molecule has 0 saturated heterocycles. The summed E-state index contributed by atoms with van der Waals surface area (Å²) in [5.74, 6) is 0. The van der Waals surface area contributed by atoms with Crippen molar-refractivity contribution >= 4 is 45.1 Å². The summed E-state index contributed by atoms with van der Waals surface area (Å²) in [5.41, 5.74) is 4.31. The first-order valence-electron chi connectivity index (χ1n) is 5.86. The van der Waals surface area contributed by atoms with Crippen LogP contribution in [0.15, 0.2) is 48.5 Å². The first-order chi connectivity index (χ1) is 8.84. The molecular weight excluding hydrogens is 240 g/mol. The molecule has 4 aromatic rings. The maximum Gasteiger partial charge on any atom is 0.0821 e. The minimum absolute atomic E-state index is 0.885. The van der Waals surface area contributed by atoms with Crippen molar-refractivity contribution in [1.82, 2.24) is 9.97 Å². The lowest BCUT2D eigenvalue weighted by Crippen LogP contribution is -1.81. The summed E-state index contributed by atoms with van der Waals surface area (Å²) < 4.78 is 0.885. The SMILES string of the molecule is S=c1c2ccccc2[nH]c2c1[nH]c1ccccc12. The number of aromatic amines is 2. The van der Waals surface area contributed by atoms with Gasteiger partial charge in [-0.25, -0.2) is 0 Å². The fraction of sp³-hybridized carbons (Fsp3) is 0. The Hall–Kier alpha value is -2.13. The zero-order valence-corrected chi connectivity index (χ0v) is 10.3. The van der Waals surface area contributed by atoms with Crippen LogP contribution in [0.2, 0.25) is 0 Å². The summed E-state index contributed by atoms with van der Waals surface area (Å²) in [6.45, 7) is 0. The minimum atomic E-state index is 0.885. The van der Waals surface area contributed by atoms with Crippen LogP contribution in [0.5, 0.6) is 0 Å². The molecule has 3 heteroatoms. The normalized spacial score (nSPS) is 11.6. The van der Waals surface area contributed by atoms with Crippen LogP contribution in [0.1, 0.15) is 0 Å². The van der Waals surface area contributed by atoms with Crippen LogP contribution in [0.25, 0.3) is 32.8 Å². The second-order valence-corrected chi connectivity index (χ2v) is 4.83. The van der Waals surface area contributed by atoms with Gasteiger partial charge in [-0.15, -0.1) is 0 Å². The van der Waals surface area contributed by atoms with Gasteiger partial charge in [0.15, 0.2) is 0 Å². The molecule has 2 aromatic heterocycles. The lowest BCUT2D eigenvalue weighted by molar-refractivity contribution is 1.48. The third kappa shape index (κ3) is 1.19. The maximum atomic E-state index is 5.59. The zero-order chi connectivity index (χ0) is 12.1. The van der Waals surface area contributed by atoms with Gasteiger partial charge in [0.1, 0.15) is 0 Å². The predicted molar refractivity (Wildman–Crippen MR) is 78.5 cm³/mol. The molecule has 2 nitrogen and oxygen atoms in total. The van der Waals surface area contributed by atoms with Gasteiger partial charge in [0, 0.05) is 21.8 Å². The van der Waals surface area contributed by atoms with E-state index < -0.39 is 0 Å². The van der Waals surface area contributed by atoms with Crippen molar-refractivity contribution in [2.24, 2.45) is 0 Å². The van der Waals surface area contributed by atoms with Crippen molar-refractivity contribution in [3.8, 4) is 0 Å². The molecule has 2 heterocycles. The highest BCUT2D eigenvalue weighted by atomic mass is 32.1. The van der Waals surface area contributed by atoms with E-state index in [2.05, 4.69) is 34.2 Å². The van der Waals surface area contributed by atoms with Crippen molar-refractivity contribution in [3.05, 3.63) is 53.0 Å². The molecular formula is C15H10N2S. The number of fused-ring (bicyclic) bond motifs is 4. The quantitative estimate of drug-likeness (QED) is 0.441. The van der Waals surface area contributed by atoms with Crippen molar-refractivity contribution in [2.75, 3.05) is 0 Å². The molecule has 0 bridgehead atoms. The van der Waals surface area contributed by atoms with Crippen molar-refractivity contribution in [3.63, 3.8) is 0 Å². The molecule has 0 fully saturated rings. The number of hydrogen-bond acceptors (Lipinski definition) is 1. The Morgan fingerprint density at radius 1 is 0.667 bits per heavy atom. The topological polar surface area (TPSA) is 31.6 Å². The van der Waals surface area contributed by atoms with Gasteiger partial charge in [-0.2, -0.15) is 0 Å². The average Bonchev–Trinajstić information content (AvgIpc) is 2.79. The number of hydrogen-bond donors (Lipinski definition) is 2. The first kappa shape index (κ1) is 9.85. The Bertz CT molecular complexity index is 947. The number of benzene rings is 2. The van der Waals surface area contributed by atoms with Gasteiger partial charge in [0.05, 0.1) is 15.5 Å². The van der Waals surface area contributed by atoms with E-state index in [-0.39, 0.29) is 0 Å². The van der Waals surface area contributed by atoms with Gasteiger partial charge in [-0.3, -0.25) is 0 Å². The molecule has 0 aliphatic rings. The smallest absolute Gasteiger partial charge is 0.0821 e. The first-order valence-corrected chi connectivity index (χ1v) is 6.27. The highest BCUT2D eigenvalue weighted by Crippen LogP contribution is 2.28. The van der Waals surface area contributed by atoms with E-state index >= 15 is 0 Å².